The van der Waals surface area contributed by atoms with Crippen molar-refractivity contribution >= 4 is 17.4 Å². The number of nitrogens with zero attached hydrogens (tertiary/aromatic N) is 1. The summed E-state index contributed by atoms with van der Waals surface area (Å²) in [7, 11) is 0. The second-order valence-electron chi connectivity index (χ2n) is 4.09. The number of rotatable bonds is 2. The van der Waals surface area contributed by atoms with Gasteiger partial charge in [-0.2, -0.15) is 11.8 Å². The summed E-state index contributed by atoms with van der Waals surface area (Å²) in [5.41, 5.74) is 9.48. The lowest BCUT2D eigenvalue weighted by atomic mass is 10.1. The quantitative estimate of drug-likeness (QED) is 0.777. The predicted octanol–water partition coefficient (Wildman–Crippen LogP) is 2.13. The normalized spacial score (nSPS) is 17.9. The van der Waals surface area contributed by atoms with Crippen molar-refractivity contribution in [2.45, 2.75) is 13.5 Å². The summed E-state index contributed by atoms with van der Waals surface area (Å²) in [6.07, 6.45) is 0. The van der Waals surface area contributed by atoms with Crippen LogP contribution in [0, 0.1) is 6.92 Å². The van der Waals surface area contributed by atoms with E-state index in [0.29, 0.717) is 0 Å². The minimum atomic E-state index is 0.929. The lowest BCUT2D eigenvalue weighted by molar-refractivity contribution is 0.295. The molecule has 0 saturated carbocycles. The highest BCUT2D eigenvalue weighted by Crippen LogP contribution is 2.18. The van der Waals surface area contributed by atoms with E-state index in [2.05, 4.69) is 24.0 Å². The first-order valence-electron chi connectivity index (χ1n) is 5.41. The molecule has 1 aliphatic heterocycles. The average molecular weight is 222 g/mol. The van der Waals surface area contributed by atoms with Crippen molar-refractivity contribution in [3.8, 4) is 0 Å². The van der Waals surface area contributed by atoms with Gasteiger partial charge < -0.3 is 5.73 Å². The number of hydrogen-bond acceptors (Lipinski definition) is 3. The van der Waals surface area contributed by atoms with Gasteiger partial charge in [0.2, 0.25) is 0 Å². The fourth-order valence-corrected chi connectivity index (χ4v) is 2.85. The Kier molecular flexibility index (Phi) is 3.54. The topological polar surface area (TPSA) is 29.3 Å². The minimum Gasteiger partial charge on any atom is -0.398 e. The van der Waals surface area contributed by atoms with Gasteiger partial charge in [0.05, 0.1) is 0 Å². The van der Waals surface area contributed by atoms with Crippen LogP contribution in [0.4, 0.5) is 5.69 Å². The summed E-state index contributed by atoms with van der Waals surface area (Å²) in [6.45, 7) is 5.51. The molecule has 1 aromatic carbocycles. The molecule has 3 heteroatoms. The van der Waals surface area contributed by atoms with E-state index in [-0.39, 0.29) is 0 Å². The third kappa shape index (κ3) is 2.89. The van der Waals surface area contributed by atoms with Gasteiger partial charge in [-0.05, 0) is 18.6 Å². The Labute approximate surface area is 95.8 Å². The van der Waals surface area contributed by atoms with Crippen LogP contribution in [0.2, 0.25) is 0 Å². The molecule has 1 aliphatic rings. The molecular weight excluding hydrogens is 204 g/mol. The van der Waals surface area contributed by atoms with Gasteiger partial charge >= 0.3 is 0 Å². The molecule has 0 aromatic heterocycles. The Balaban J connectivity index is 2.05. The van der Waals surface area contributed by atoms with Crippen LogP contribution < -0.4 is 5.73 Å². The molecule has 1 saturated heterocycles. The van der Waals surface area contributed by atoms with Gasteiger partial charge in [-0.3, -0.25) is 4.90 Å². The first-order valence-corrected chi connectivity index (χ1v) is 6.56. The van der Waals surface area contributed by atoms with E-state index >= 15 is 0 Å². The SMILES string of the molecule is Cc1ccc(N)c(CN2CCSCC2)c1. The summed E-state index contributed by atoms with van der Waals surface area (Å²) in [6, 6.07) is 6.30. The van der Waals surface area contributed by atoms with E-state index in [1.165, 1.54) is 35.7 Å². The minimum absolute atomic E-state index is 0.929. The Hall–Kier alpha value is -0.670. The van der Waals surface area contributed by atoms with E-state index in [4.69, 9.17) is 5.73 Å². The molecule has 0 amide bonds. The van der Waals surface area contributed by atoms with E-state index in [1.54, 1.807) is 0 Å². The summed E-state index contributed by atoms with van der Waals surface area (Å²) in [5, 5.41) is 0. The first-order chi connectivity index (χ1) is 7.25. The fraction of sp³-hybridized carbons (Fsp3) is 0.500. The smallest absolute Gasteiger partial charge is 0.0359 e. The maximum atomic E-state index is 5.97. The van der Waals surface area contributed by atoms with E-state index in [9.17, 15) is 0 Å². The lowest BCUT2D eigenvalue weighted by Gasteiger charge is -2.26. The van der Waals surface area contributed by atoms with Crippen molar-refractivity contribution < 1.29 is 0 Å². The standard InChI is InChI=1S/C12H18N2S/c1-10-2-3-12(13)11(8-10)9-14-4-6-15-7-5-14/h2-3,8H,4-7,9,13H2,1H3. The van der Waals surface area contributed by atoms with Gasteiger partial charge in [-0.25, -0.2) is 0 Å². The van der Waals surface area contributed by atoms with Gasteiger partial charge in [0, 0.05) is 36.8 Å². The molecule has 0 spiro atoms. The zero-order chi connectivity index (χ0) is 10.7. The lowest BCUT2D eigenvalue weighted by Crippen LogP contribution is -2.32. The molecule has 0 bridgehead atoms. The van der Waals surface area contributed by atoms with Crippen LogP contribution in [-0.4, -0.2) is 29.5 Å². The third-order valence-corrected chi connectivity index (χ3v) is 3.74. The summed E-state index contributed by atoms with van der Waals surface area (Å²) in [5.74, 6) is 2.51. The van der Waals surface area contributed by atoms with Gasteiger partial charge in [0.1, 0.15) is 0 Å². The molecule has 1 heterocycles. The molecule has 0 radical (unpaired) electrons. The van der Waals surface area contributed by atoms with Crippen LogP contribution in [-0.2, 0) is 6.54 Å². The maximum Gasteiger partial charge on any atom is 0.0359 e. The fourth-order valence-electron chi connectivity index (χ4n) is 1.87. The highest BCUT2D eigenvalue weighted by atomic mass is 32.2. The van der Waals surface area contributed by atoms with E-state index < -0.39 is 0 Å². The number of hydrogen-bond donors (Lipinski definition) is 1. The van der Waals surface area contributed by atoms with Gasteiger partial charge in [-0.15, -0.1) is 0 Å². The molecule has 2 N–H and O–H groups in total. The molecule has 2 rings (SSSR count). The van der Waals surface area contributed by atoms with Crippen molar-refractivity contribution in [1.82, 2.24) is 4.90 Å². The van der Waals surface area contributed by atoms with Crippen molar-refractivity contribution in [3.63, 3.8) is 0 Å². The van der Waals surface area contributed by atoms with Crippen LogP contribution in [0.5, 0.6) is 0 Å². The number of anilines is 1. The molecule has 2 nitrogen and oxygen atoms in total. The van der Waals surface area contributed by atoms with Crippen molar-refractivity contribution in [2.24, 2.45) is 0 Å². The van der Waals surface area contributed by atoms with Crippen molar-refractivity contribution in [2.75, 3.05) is 30.3 Å². The predicted molar refractivity (Wildman–Crippen MR) is 68.2 cm³/mol. The van der Waals surface area contributed by atoms with Crippen LogP contribution in [0.1, 0.15) is 11.1 Å². The number of nitrogens with two attached hydrogens (primary N) is 1. The van der Waals surface area contributed by atoms with E-state index in [1.807, 2.05) is 17.8 Å². The molecule has 82 valence electrons. The number of thioether (sulfide) groups is 1. The Morgan fingerprint density at radius 3 is 2.80 bits per heavy atom. The van der Waals surface area contributed by atoms with Gasteiger partial charge in [0.25, 0.3) is 0 Å². The largest absolute Gasteiger partial charge is 0.398 e. The second kappa shape index (κ2) is 4.90. The monoisotopic (exact) mass is 222 g/mol. The third-order valence-electron chi connectivity index (χ3n) is 2.80. The Bertz CT molecular complexity index is 332. The van der Waals surface area contributed by atoms with E-state index in [0.717, 1.165) is 12.2 Å². The molecule has 15 heavy (non-hydrogen) atoms. The van der Waals surface area contributed by atoms with Crippen LogP contribution in [0.3, 0.4) is 0 Å². The number of aryl methyl sites for hydroxylation is 1. The highest BCUT2D eigenvalue weighted by molar-refractivity contribution is 7.99. The summed E-state index contributed by atoms with van der Waals surface area (Å²) in [4.78, 5) is 2.49. The van der Waals surface area contributed by atoms with Crippen LogP contribution in [0.15, 0.2) is 18.2 Å². The number of nitrogen functional groups attached to an aromatic ring is 1. The molecule has 0 unspecified atom stereocenters. The van der Waals surface area contributed by atoms with Gasteiger partial charge in [0.15, 0.2) is 0 Å². The molecule has 1 aromatic rings. The molecule has 0 aliphatic carbocycles. The van der Waals surface area contributed by atoms with Crippen LogP contribution in [0.25, 0.3) is 0 Å². The Morgan fingerprint density at radius 1 is 1.33 bits per heavy atom. The van der Waals surface area contributed by atoms with Gasteiger partial charge in [-0.1, -0.05) is 17.7 Å². The molecular formula is C12H18N2S. The second-order valence-corrected chi connectivity index (χ2v) is 5.32. The summed E-state index contributed by atoms with van der Waals surface area (Å²) >= 11 is 2.04. The average Bonchev–Trinajstić information content (AvgIpc) is 2.25. The number of benzene rings is 1. The zero-order valence-electron chi connectivity index (χ0n) is 9.20. The first kappa shape index (κ1) is 10.8. The maximum absolute atomic E-state index is 5.97. The molecule has 0 atom stereocenters. The van der Waals surface area contributed by atoms with Crippen molar-refractivity contribution in [1.29, 1.82) is 0 Å². The zero-order valence-corrected chi connectivity index (χ0v) is 10.0. The highest BCUT2D eigenvalue weighted by Gasteiger charge is 2.11. The molecule has 1 fully saturated rings. The van der Waals surface area contributed by atoms with Crippen LogP contribution >= 0.6 is 11.8 Å². The summed E-state index contributed by atoms with van der Waals surface area (Å²) < 4.78 is 0. The van der Waals surface area contributed by atoms with Crippen molar-refractivity contribution in [3.05, 3.63) is 29.3 Å². The Morgan fingerprint density at radius 2 is 2.07 bits per heavy atom.